The molecule has 0 aliphatic rings. The standard InChI is InChI=1S/C50H37O3P3/c51-54(42-18-4-1-5-19-42,45-28-32-47(33-29-45)55(52,43-20-6-2-7-21-43)49-26-24-38-14-10-12-16-40(38)36-49)46-30-34-48(35-31-46)56(53,44-22-8-3-9-23-44)50-27-25-39-15-11-13-17-41(39)37-50/h1-37H. The van der Waals surface area contributed by atoms with Gasteiger partial charge in [0, 0.05) is 47.7 Å². The highest BCUT2D eigenvalue weighted by Gasteiger charge is 2.35. The van der Waals surface area contributed by atoms with Crippen molar-refractivity contribution in [2.45, 2.75) is 0 Å². The highest BCUT2D eigenvalue weighted by molar-refractivity contribution is 7.86. The molecule has 56 heavy (non-hydrogen) atoms. The zero-order chi connectivity index (χ0) is 38.2. The lowest BCUT2D eigenvalue weighted by Gasteiger charge is -2.24. The lowest BCUT2D eigenvalue weighted by Crippen LogP contribution is -2.30. The van der Waals surface area contributed by atoms with Crippen molar-refractivity contribution in [1.82, 2.24) is 0 Å². The van der Waals surface area contributed by atoms with Crippen LogP contribution in [0.3, 0.4) is 0 Å². The van der Waals surface area contributed by atoms with Crippen molar-refractivity contribution in [3.63, 3.8) is 0 Å². The molecule has 0 N–H and O–H groups in total. The Kier molecular flexibility index (Phi) is 9.41. The van der Waals surface area contributed by atoms with Crippen LogP contribution >= 0.6 is 21.4 Å². The molecule has 0 saturated heterocycles. The van der Waals surface area contributed by atoms with Crippen LogP contribution in [0.2, 0.25) is 0 Å². The average Bonchev–Trinajstić information content (AvgIpc) is 3.29. The van der Waals surface area contributed by atoms with Gasteiger partial charge in [0.05, 0.1) is 0 Å². The zero-order valence-electron chi connectivity index (χ0n) is 30.4. The smallest absolute Gasteiger partial charge is 0.171 e. The Morgan fingerprint density at radius 1 is 0.196 bits per heavy atom. The molecular formula is C50H37O3P3. The summed E-state index contributed by atoms with van der Waals surface area (Å²) in [4.78, 5) is 0. The molecule has 2 unspecified atom stereocenters. The lowest BCUT2D eigenvalue weighted by atomic mass is 10.1. The van der Waals surface area contributed by atoms with Crippen LogP contribution in [0.4, 0.5) is 0 Å². The summed E-state index contributed by atoms with van der Waals surface area (Å²) in [6.45, 7) is 0. The molecule has 0 fully saturated rings. The van der Waals surface area contributed by atoms with E-state index in [1.165, 1.54) is 0 Å². The van der Waals surface area contributed by atoms with Gasteiger partial charge in [-0.05, 0) is 33.7 Å². The molecule has 0 heterocycles. The van der Waals surface area contributed by atoms with Crippen LogP contribution in [0.15, 0.2) is 224 Å². The Morgan fingerprint density at radius 2 is 0.411 bits per heavy atom. The minimum absolute atomic E-state index is 0.624. The Morgan fingerprint density at radius 3 is 0.714 bits per heavy atom. The van der Waals surface area contributed by atoms with Crippen molar-refractivity contribution in [3.8, 4) is 0 Å². The second-order valence-electron chi connectivity index (χ2n) is 13.9. The Bertz CT molecular complexity index is 2800. The number of fused-ring (bicyclic) bond motifs is 2. The highest BCUT2D eigenvalue weighted by atomic mass is 31.2. The van der Waals surface area contributed by atoms with Gasteiger partial charge < -0.3 is 13.7 Å². The molecule has 270 valence electrons. The van der Waals surface area contributed by atoms with Crippen molar-refractivity contribution in [2.75, 3.05) is 0 Å². The highest BCUT2D eigenvalue weighted by Crippen LogP contribution is 2.47. The summed E-state index contributed by atoms with van der Waals surface area (Å²) in [7, 11) is -10.1. The molecule has 0 amide bonds. The van der Waals surface area contributed by atoms with E-state index in [2.05, 4.69) is 12.1 Å². The second kappa shape index (κ2) is 14.7. The van der Waals surface area contributed by atoms with Crippen LogP contribution in [-0.2, 0) is 13.7 Å². The molecule has 0 aromatic heterocycles. The van der Waals surface area contributed by atoms with Crippen molar-refractivity contribution in [2.24, 2.45) is 0 Å². The van der Waals surface area contributed by atoms with Gasteiger partial charge in [0.2, 0.25) is 0 Å². The molecular weight excluding hydrogens is 741 g/mol. The monoisotopic (exact) mass is 778 g/mol. The van der Waals surface area contributed by atoms with E-state index >= 15 is 13.7 Å². The zero-order valence-corrected chi connectivity index (χ0v) is 33.1. The van der Waals surface area contributed by atoms with Gasteiger partial charge in [0.25, 0.3) is 0 Å². The second-order valence-corrected chi connectivity index (χ2v) is 22.2. The predicted octanol–water partition coefficient (Wildman–Crippen LogP) is 8.91. The fourth-order valence-corrected chi connectivity index (χ4v) is 15.7. The first-order valence-electron chi connectivity index (χ1n) is 18.6. The largest absolute Gasteiger partial charge is 0.309 e. The van der Waals surface area contributed by atoms with Gasteiger partial charge in [-0.1, -0.05) is 212 Å². The normalized spacial score (nSPS) is 14.7. The fourth-order valence-electron chi connectivity index (χ4n) is 7.75. The number of hydrogen-bond donors (Lipinski definition) is 0. The van der Waals surface area contributed by atoms with Gasteiger partial charge in [-0.3, -0.25) is 0 Å². The van der Waals surface area contributed by atoms with Crippen molar-refractivity contribution in [3.05, 3.63) is 224 Å². The summed E-state index contributed by atoms with van der Waals surface area (Å²) in [6, 6.07) is 72.0. The van der Waals surface area contributed by atoms with E-state index in [9.17, 15) is 0 Å². The third-order valence-electron chi connectivity index (χ3n) is 10.7. The molecule has 0 bridgehead atoms. The fraction of sp³-hybridized carbons (Fsp3) is 0. The van der Waals surface area contributed by atoms with Crippen LogP contribution in [0, 0.1) is 0 Å². The summed E-state index contributed by atoms with van der Waals surface area (Å²) in [5.41, 5.74) is 0. The lowest BCUT2D eigenvalue weighted by molar-refractivity contribution is 0.591. The molecule has 0 saturated carbocycles. The van der Waals surface area contributed by atoms with Crippen LogP contribution in [0.5, 0.6) is 0 Å². The first kappa shape index (κ1) is 35.9. The van der Waals surface area contributed by atoms with E-state index in [-0.39, 0.29) is 0 Å². The van der Waals surface area contributed by atoms with Crippen molar-refractivity contribution in [1.29, 1.82) is 0 Å². The minimum Gasteiger partial charge on any atom is -0.309 e. The molecule has 9 rings (SSSR count). The van der Waals surface area contributed by atoms with E-state index in [0.29, 0.717) is 26.5 Å². The van der Waals surface area contributed by atoms with Gasteiger partial charge in [-0.2, -0.15) is 0 Å². The Balaban J connectivity index is 1.16. The van der Waals surface area contributed by atoms with Crippen LogP contribution in [0.1, 0.15) is 0 Å². The van der Waals surface area contributed by atoms with Gasteiger partial charge >= 0.3 is 0 Å². The van der Waals surface area contributed by atoms with E-state index in [1.807, 2.05) is 212 Å². The number of benzene rings is 9. The maximum Gasteiger partial charge on any atom is 0.171 e. The summed E-state index contributed by atoms with van der Waals surface area (Å²) in [5, 5.41) is 10.4. The third-order valence-corrected chi connectivity index (χ3v) is 19.9. The first-order valence-corrected chi connectivity index (χ1v) is 23.7. The van der Waals surface area contributed by atoms with E-state index in [0.717, 1.165) is 42.8 Å². The number of hydrogen-bond acceptors (Lipinski definition) is 3. The van der Waals surface area contributed by atoms with Crippen LogP contribution in [-0.4, -0.2) is 0 Å². The summed E-state index contributed by atoms with van der Waals surface area (Å²) >= 11 is 0. The topological polar surface area (TPSA) is 51.2 Å². The molecule has 9 aromatic rings. The molecule has 0 spiro atoms. The van der Waals surface area contributed by atoms with Gasteiger partial charge in [0.15, 0.2) is 21.4 Å². The van der Waals surface area contributed by atoms with Gasteiger partial charge in [-0.15, -0.1) is 0 Å². The first-order chi connectivity index (χ1) is 27.4. The molecule has 9 aromatic carbocycles. The SMILES string of the molecule is O=P(c1ccccc1)(c1ccc(P(=O)(c2ccccc2)c2ccc3ccccc3c2)cc1)c1ccc(P(=O)(c2ccccc2)c2ccc3ccccc3c2)cc1. The predicted molar refractivity (Wildman–Crippen MR) is 240 cm³/mol. The van der Waals surface area contributed by atoms with E-state index in [4.69, 9.17) is 0 Å². The quantitative estimate of drug-likeness (QED) is 0.138. The van der Waals surface area contributed by atoms with Gasteiger partial charge in [-0.25, -0.2) is 0 Å². The summed E-state index contributed by atoms with van der Waals surface area (Å²) < 4.78 is 46.8. The molecule has 0 aliphatic carbocycles. The average molecular weight is 779 g/mol. The molecule has 0 aliphatic heterocycles. The third kappa shape index (κ3) is 6.14. The summed E-state index contributed by atoms with van der Waals surface area (Å²) in [5.74, 6) is 0. The van der Waals surface area contributed by atoms with E-state index < -0.39 is 21.4 Å². The van der Waals surface area contributed by atoms with Crippen molar-refractivity contribution >= 4 is 90.7 Å². The minimum atomic E-state index is -3.45. The Hall–Kier alpha value is -5.81. The molecule has 2 atom stereocenters. The van der Waals surface area contributed by atoms with Crippen molar-refractivity contribution < 1.29 is 13.7 Å². The maximum absolute atomic E-state index is 15.8. The van der Waals surface area contributed by atoms with Crippen LogP contribution in [0.25, 0.3) is 21.5 Å². The molecule has 6 heteroatoms. The van der Waals surface area contributed by atoms with Crippen LogP contribution < -0.4 is 47.7 Å². The Labute approximate surface area is 327 Å². The maximum atomic E-state index is 15.8. The van der Waals surface area contributed by atoms with Gasteiger partial charge in [0.1, 0.15) is 0 Å². The summed E-state index contributed by atoms with van der Waals surface area (Å²) in [6.07, 6.45) is 0. The number of rotatable bonds is 9. The van der Waals surface area contributed by atoms with E-state index in [1.54, 1.807) is 0 Å². The molecule has 0 radical (unpaired) electrons. The molecule has 3 nitrogen and oxygen atoms in total.